The maximum atomic E-state index is 13.3. The van der Waals surface area contributed by atoms with Crippen LogP contribution in [-0.2, 0) is 22.3 Å². The molecule has 0 atom stereocenters. The topological polar surface area (TPSA) is 119 Å². The van der Waals surface area contributed by atoms with Gasteiger partial charge < -0.3 is 10.6 Å². The van der Waals surface area contributed by atoms with Gasteiger partial charge >= 0.3 is 11.9 Å². The fraction of sp³-hybridized carbons (Fsp3) is 0.312. The van der Waals surface area contributed by atoms with Crippen LogP contribution in [0, 0.1) is 24.0 Å². The predicted molar refractivity (Wildman–Crippen MR) is 92.7 cm³/mol. The van der Waals surface area contributed by atoms with E-state index in [1.165, 1.54) is 19.9 Å². The SMILES string of the molecule is CC(=O)Nc1ccc(NC(=O)Cn2nc(C)c([N+](=O)[O-])c2C)c(C(F)(F)F)c1. The van der Waals surface area contributed by atoms with Crippen molar-refractivity contribution in [3.05, 3.63) is 45.3 Å². The van der Waals surface area contributed by atoms with Gasteiger partial charge in [0.25, 0.3) is 0 Å². The van der Waals surface area contributed by atoms with E-state index in [-0.39, 0.29) is 22.8 Å². The lowest BCUT2D eigenvalue weighted by molar-refractivity contribution is -0.386. The van der Waals surface area contributed by atoms with E-state index in [9.17, 15) is 32.9 Å². The van der Waals surface area contributed by atoms with Gasteiger partial charge in [0.15, 0.2) is 0 Å². The summed E-state index contributed by atoms with van der Waals surface area (Å²) >= 11 is 0. The summed E-state index contributed by atoms with van der Waals surface area (Å²) < 4.78 is 40.9. The van der Waals surface area contributed by atoms with E-state index in [2.05, 4.69) is 15.7 Å². The molecule has 28 heavy (non-hydrogen) atoms. The Morgan fingerprint density at radius 2 is 1.89 bits per heavy atom. The van der Waals surface area contributed by atoms with E-state index in [0.29, 0.717) is 6.07 Å². The lowest BCUT2D eigenvalue weighted by Crippen LogP contribution is -2.22. The van der Waals surface area contributed by atoms with Crippen molar-refractivity contribution in [3.8, 4) is 0 Å². The summed E-state index contributed by atoms with van der Waals surface area (Å²) in [5, 5.41) is 19.2. The maximum absolute atomic E-state index is 13.3. The van der Waals surface area contributed by atoms with Crippen molar-refractivity contribution >= 4 is 28.9 Å². The molecule has 0 radical (unpaired) electrons. The second kappa shape index (κ2) is 7.66. The Labute approximate surface area is 156 Å². The molecular weight excluding hydrogens is 383 g/mol. The standard InChI is InChI=1S/C16H16F3N5O4/c1-8-15(24(27)28)9(2)23(22-8)7-14(26)21-13-5-4-11(20-10(3)25)6-12(13)16(17,18)19/h4-6H,7H2,1-3H3,(H,20,25)(H,21,26). The number of amides is 2. The zero-order valence-electron chi connectivity index (χ0n) is 15.0. The van der Waals surface area contributed by atoms with Crippen LogP contribution in [0.4, 0.5) is 30.2 Å². The highest BCUT2D eigenvalue weighted by Crippen LogP contribution is 2.36. The monoisotopic (exact) mass is 399 g/mol. The molecule has 9 nitrogen and oxygen atoms in total. The normalized spacial score (nSPS) is 11.2. The van der Waals surface area contributed by atoms with Gasteiger partial charge in [-0.15, -0.1) is 0 Å². The number of rotatable bonds is 5. The van der Waals surface area contributed by atoms with Crippen molar-refractivity contribution in [1.82, 2.24) is 9.78 Å². The highest BCUT2D eigenvalue weighted by molar-refractivity contribution is 5.93. The Morgan fingerprint density at radius 3 is 2.39 bits per heavy atom. The molecule has 12 heteroatoms. The number of alkyl halides is 3. The van der Waals surface area contributed by atoms with Crippen LogP contribution >= 0.6 is 0 Å². The first-order chi connectivity index (χ1) is 12.9. The summed E-state index contributed by atoms with van der Waals surface area (Å²) in [5.41, 5.74) is -1.80. The van der Waals surface area contributed by atoms with E-state index in [0.717, 1.165) is 17.7 Å². The lowest BCUT2D eigenvalue weighted by Gasteiger charge is -2.15. The number of halogens is 3. The number of aryl methyl sites for hydroxylation is 1. The van der Waals surface area contributed by atoms with Crippen molar-refractivity contribution in [2.24, 2.45) is 0 Å². The van der Waals surface area contributed by atoms with Gasteiger partial charge in [0, 0.05) is 12.6 Å². The molecule has 0 aliphatic rings. The summed E-state index contributed by atoms with van der Waals surface area (Å²) in [5.74, 6) is -1.39. The number of carbonyl (C=O) groups is 2. The van der Waals surface area contributed by atoms with Gasteiger partial charge in [-0.25, -0.2) is 0 Å². The molecular formula is C16H16F3N5O4. The molecule has 0 aliphatic heterocycles. The van der Waals surface area contributed by atoms with Crippen molar-refractivity contribution in [1.29, 1.82) is 0 Å². The fourth-order valence-corrected chi connectivity index (χ4v) is 2.60. The molecule has 0 saturated heterocycles. The molecule has 0 spiro atoms. The van der Waals surface area contributed by atoms with E-state index in [1.807, 2.05) is 0 Å². The third kappa shape index (κ3) is 4.64. The molecule has 0 unspecified atom stereocenters. The van der Waals surface area contributed by atoms with E-state index >= 15 is 0 Å². The first-order valence-electron chi connectivity index (χ1n) is 7.87. The van der Waals surface area contributed by atoms with Gasteiger partial charge in [-0.3, -0.25) is 24.4 Å². The first kappa shape index (κ1) is 20.9. The van der Waals surface area contributed by atoms with Gasteiger partial charge in [-0.2, -0.15) is 18.3 Å². The Kier molecular flexibility index (Phi) is 5.71. The molecule has 1 heterocycles. The number of benzene rings is 1. The molecule has 1 aromatic heterocycles. The number of hydrogen-bond donors (Lipinski definition) is 2. The van der Waals surface area contributed by atoms with Crippen LogP contribution in [0.3, 0.4) is 0 Å². The lowest BCUT2D eigenvalue weighted by atomic mass is 10.1. The van der Waals surface area contributed by atoms with Crippen LogP contribution in [0.5, 0.6) is 0 Å². The number of aromatic nitrogens is 2. The minimum Gasteiger partial charge on any atom is -0.326 e. The molecule has 0 fully saturated rings. The zero-order chi connectivity index (χ0) is 21.2. The first-order valence-corrected chi connectivity index (χ1v) is 7.87. The molecule has 2 amide bonds. The smallest absolute Gasteiger partial charge is 0.326 e. The maximum Gasteiger partial charge on any atom is 0.418 e. The Balaban J connectivity index is 2.28. The van der Waals surface area contributed by atoms with Crippen molar-refractivity contribution in [2.45, 2.75) is 33.5 Å². The zero-order valence-corrected chi connectivity index (χ0v) is 15.0. The van der Waals surface area contributed by atoms with Crippen LogP contribution in [0.2, 0.25) is 0 Å². The number of carbonyl (C=O) groups excluding carboxylic acids is 2. The average molecular weight is 399 g/mol. The summed E-state index contributed by atoms with van der Waals surface area (Å²) in [6.45, 7) is 3.42. The summed E-state index contributed by atoms with van der Waals surface area (Å²) in [4.78, 5) is 33.6. The highest BCUT2D eigenvalue weighted by Gasteiger charge is 2.34. The van der Waals surface area contributed by atoms with Gasteiger partial charge in [0.2, 0.25) is 11.8 Å². The van der Waals surface area contributed by atoms with Crippen LogP contribution in [-0.4, -0.2) is 26.5 Å². The number of anilines is 2. The number of hydrogen-bond acceptors (Lipinski definition) is 5. The quantitative estimate of drug-likeness (QED) is 0.592. The minimum absolute atomic E-state index is 0.0769. The number of nitro groups is 1. The van der Waals surface area contributed by atoms with Crippen LogP contribution < -0.4 is 10.6 Å². The van der Waals surface area contributed by atoms with Gasteiger partial charge in [0.1, 0.15) is 17.9 Å². The second-order valence-corrected chi connectivity index (χ2v) is 5.92. The summed E-state index contributed by atoms with van der Waals surface area (Å²) in [6, 6.07) is 2.92. The third-order valence-corrected chi connectivity index (χ3v) is 3.74. The van der Waals surface area contributed by atoms with E-state index in [1.54, 1.807) is 0 Å². The highest BCUT2D eigenvalue weighted by atomic mass is 19.4. The molecule has 2 aromatic rings. The molecule has 0 aliphatic carbocycles. The Morgan fingerprint density at radius 1 is 1.25 bits per heavy atom. The Hall–Kier alpha value is -3.44. The number of nitrogens with one attached hydrogen (secondary N) is 2. The van der Waals surface area contributed by atoms with Gasteiger partial charge in [0.05, 0.1) is 16.2 Å². The predicted octanol–water partition coefficient (Wildman–Crippen LogP) is 3.02. The second-order valence-electron chi connectivity index (χ2n) is 5.92. The van der Waals surface area contributed by atoms with Crippen molar-refractivity contribution in [2.75, 3.05) is 10.6 Å². The number of nitrogens with zero attached hydrogens (tertiary/aromatic N) is 3. The molecule has 0 saturated carbocycles. The summed E-state index contributed by atoms with van der Waals surface area (Å²) in [6.07, 6.45) is -4.78. The molecule has 150 valence electrons. The Bertz CT molecular complexity index is 952. The average Bonchev–Trinajstić information content (AvgIpc) is 2.81. The summed E-state index contributed by atoms with van der Waals surface area (Å²) in [7, 11) is 0. The van der Waals surface area contributed by atoms with Crippen molar-refractivity contribution in [3.63, 3.8) is 0 Å². The van der Waals surface area contributed by atoms with Crippen LogP contribution in [0.1, 0.15) is 23.9 Å². The van der Waals surface area contributed by atoms with E-state index in [4.69, 9.17) is 0 Å². The molecule has 0 bridgehead atoms. The fourth-order valence-electron chi connectivity index (χ4n) is 2.60. The van der Waals surface area contributed by atoms with E-state index < -0.39 is 40.7 Å². The van der Waals surface area contributed by atoms with Crippen LogP contribution in [0.25, 0.3) is 0 Å². The van der Waals surface area contributed by atoms with Gasteiger partial charge in [-0.05, 0) is 32.0 Å². The molecule has 2 N–H and O–H groups in total. The van der Waals surface area contributed by atoms with Crippen LogP contribution in [0.15, 0.2) is 18.2 Å². The minimum atomic E-state index is -4.78. The largest absolute Gasteiger partial charge is 0.418 e. The van der Waals surface area contributed by atoms with Gasteiger partial charge in [-0.1, -0.05) is 0 Å². The molecule has 1 aromatic carbocycles. The third-order valence-electron chi connectivity index (χ3n) is 3.74. The van der Waals surface area contributed by atoms with Crippen molar-refractivity contribution < 1.29 is 27.7 Å². The molecule has 2 rings (SSSR count).